The van der Waals surface area contributed by atoms with Crippen LogP contribution in [-0.4, -0.2) is 21.9 Å². The third-order valence-corrected chi connectivity index (χ3v) is 4.05. The van der Waals surface area contributed by atoms with Gasteiger partial charge in [0, 0.05) is 6.20 Å². The molecule has 6 heteroatoms. The van der Waals surface area contributed by atoms with Crippen molar-refractivity contribution in [2.24, 2.45) is 5.92 Å². The van der Waals surface area contributed by atoms with Crippen LogP contribution >= 0.6 is 0 Å². The minimum Gasteiger partial charge on any atom is -0.331 e. The largest absolute Gasteiger partial charge is 0.331 e. The predicted octanol–water partition coefficient (Wildman–Crippen LogP) is 1.29. The number of aromatic nitrogens is 2. The van der Waals surface area contributed by atoms with Crippen LogP contribution in [0.15, 0.2) is 12.3 Å². The molecular weight excluding hydrogens is 268 g/mol. The van der Waals surface area contributed by atoms with E-state index in [2.05, 4.69) is 28.5 Å². The lowest BCUT2D eigenvalue weighted by atomic mass is 9.99. The van der Waals surface area contributed by atoms with Gasteiger partial charge in [0.1, 0.15) is 6.07 Å². The summed E-state index contributed by atoms with van der Waals surface area (Å²) in [5, 5.41) is 19.6. The normalized spacial score (nSPS) is 24.1. The Bertz CT molecular complexity index is 702. The zero-order valence-corrected chi connectivity index (χ0v) is 11.6. The van der Waals surface area contributed by atoms with Crippen LogP contribution in [0.3, 0.4) is 0 Å². The summed E-state index contributed by atoms with van der Waals surface area (Å²) in [5.74, 6) is 0.308. The van der Waals surface area contributed by atoms with Gasteiger partial charge < -0.3 is 5.32 Å². The first kappa shape index (κ1) is 13.4. The Hall–Kier alpha value is -2.55. The van der Waals surface area contributed by atoms with E-state index >= 15 is 0 Å². The number of allylic oxidation sites excluding steroid dienone is 1. The van der Waals surface area contributed by atoms with Gasteiger partial charge in [0.05, 0.1) is 17.7 Å². The fraction of sp³-hybridized carbons (Fsp3) is 0.400. The Morgan fingerprint density at radius 1 is 1.43 bits per heavy atom. The van der Waals surface area contributed by atoms with Gasteiger partial charge in [0.15, 0.2) is 11.5 Å². The Morgan fingerprint density at radius 2 is 2.24 bits per heavy atom. The number of nitrogens with one attached hydrogen (secondary N) is 1. The number of hydrogen-bond acceptors (Lipinski definition) is 5. The summed E-state index contributed by atoms with van der Waals surface area (Å²) in [6.45, 7) is 2.12. The van der Waals surface area contributed by atoms with E-state index in [1.807, 2.05) is 0 Å². The van der Waals surface area contributed by atoms with Crippen molar-refractivity contribution < 1.29 is 9.59 Å². The Labute approximate surface area is 121 Å². The minimum atomic E-state index is -0.321. The van der Waals surface area contributed by atoms with E-state index in [9.17, 15) is 9.59 Å². The second-order valence-electron chi connectivity index (χ2n) is 5.38. The third-order valence-electron chi connectivity index (χ3n) is 4.05. The maximum atomic E-state index is 11.9. The lowest BCUT2D eigenvalue weighted by Gasteiger charge is -2.12. The third kappa shape index (κ3) is 2.42. The lowest BCUT2D eigenvalue weighted by molar-refractivity contribution is -0.125. The summed E-state index contributed by atoms with van der Waals surface area (Å²) in [7, 11) is 0. The van der Waals surface area contributed by atoms with Gasteiger partial charge in [0.25, 0.3) is 0 Å². The molecule has 0 aromatic carbocycles. The molecule has 1 aliphatic heterocycles. The SMILES string of the molecule is CCC1C[C@@H]1c1cc(C2=CNC(=O)CC2=O)nnc1C#N. The van der Waals surface area contributed by atoms with E-state index in [4.69, 9.17) is 5.26 Å². The number of hydrogen-bond donors (Lipinski definition) is 1. The molecule has 1 saturated carbocycles. The summed E-state index contributed by atoms with van der Waals surface area (Å²) < 4.78 is 0. The maximum Gasteiger partial charge on any atom is 0.231 e. The second kappa shape index (κ2) is 5.09. The quantitative estimate of drug-likeness (QED) is 0.843. The second-order valence-corrected chi connectivity index (χ2v) is 5.38. The molecule has 0 bridgehead atoms. The number of nitriles is 1. The number of carbonyl (C=O) groups excluding carboxylic acids is 2. The molecule has 1 aromatic heterocycles. The molecule has 1 amide bonds. The standard InChI is InChI=1S/C15H14N4O2/c1-2-8-3-9(8)10-4-12(18-19-13(10)6-16)11-7-17-15(21)5-14(11)20/h4,7-9H,2-3,5H2,1H3,(H,17,21)/t8?,9-/m0/s1. The van der Waals surface area contributed by atoms with Crippen molar-refractivity contribution in [3.63, 3.8) is 0 Å². The van der Waals surface area contributed by atoms with Gasteiger partial charge in [-0.25, -0.2) is 0 Å². The van der Waals surface area contributed by atoms with Crippen LogP contribution in [0.4, 0.5) is 0 Å². The van der Waals surface area contributed by atoms with E-state index < -0.39 is 0 Å². The van der Waals surface area contributed by atoms with Crippen LogP contribution in [-0.2, 0) is 9.59 Å². The minimum absolute atomic E-state index is 0.177. The lowest BCUT2D eigenvalue weighted by Crippen LogP contribution is -2.27. The van der Waals surface area contributed by atoms with Crippen LogP contribution in [0.1, 0.15) is 49.1 Å². The summed E-state index contributed by atoms with van der Waals surface area (Å²) in [6.07, 6.45) is 3.30. The van der Waals surface area contributed by atoms with E-state index in [1.165, 1.54) is 6.20 Å². The van der Waals surface area contributed by atoms with Gasteiger partial charge in [-0.1, -0.05) is 13.3 Å². The zero-order valence-electron chi connectivity index (χ0n) is 11.6. The van der Waals surface area contributed by atoms with Crippen LogP contribution in [0, 0.1) is 17.2 Å². The number of ketones is 1. The molecule has 21 heavy (non-hydrogen) atoms. The highest BCUT2D eigenvalue weighted by molar-refractivity contribution is 6.27. The summed E-state index contributed by atoms with van der Waals surface area (Å²) >= 11 is 0. The Morgan fingerprint density at radius 3 is 2.86 bits per heavy atom. The fourth-order valence-electron chi connectivity index (χ4n) is 2.73. The highest BCUT2D eigenvalue weighted by atomic mass is 16.2. The zero-order chi connectivity index (χ0) is 15.0. The van der Waals surface area contributed by atoms with E-state index in [0.29, 0.717) is 28.8 Å². The average Bonchev–Trinajstić information content (AvgIpc) is 3.26. The molecule has 2 heterocycles. The van der Waals surface area contributed by atoms with Crippen molar-refractivity contribution >= 4 is 17.3 Å². The Kier molecular flexibility index (Phi) is 3.26. The molecule has 0 spiro atoms. The first-order valence-electron chi connectivity index (χ1n) is 6.94. The molecule has 1 fully saturated rings. The number of carbonyl (C=O) groups is 2. The monoisotopic (exact) mass is 282 g/mol. The van der Waals surface area contributed by atoms with Gasteiger partial charge in [-0.2, -0.15) is 5.26 Å². The first-order chi connectivity index (χ1) is 10.1. The van der Waals surface area contributed by atoms with E-state index in [1.54, 1.807) is 6.07 Å². The van der Waals surface area contributed by atoms with Gasteiger partial charge in [-0.3, -0.25) is 9.59 Å². The summed E-state index contributed by atoms with van der Waals surface area (Å²) in [4.78, 5) is 23.1. The van der Waals surface area contributed by atoms with Gasteiger partial charge in [0.2, 0.25) is 5.91 Å². The fourth-order valence-corrected chi connectivity index (χ4v) is 2.73. The number of Topliss-reactive ketones (excluding diaryl/α,β-unsaturated/α-hetero) is 1. The molecule has 106 valence electrons. The molecule has 0 radical (unpaired) electrons. The van der Waals surface area contributed by atoms with Crippen molar-refractivity contribution in [1.29, 1.82) is 5.26 Å². The summed E-state index contributed by atoms with van der Waals surface area (Å²) in [6, 6.07) is 3.83. The molecule has 1 N–H and O–H groups in total. The highest BCUT2D eigenvalue weighted by Crippen LogP contribution is 2.50. The molecular formula is C15H14N4O2. The number of amides is 1. The Balaban J connectivity index is 1.98. The molecule has 2 atom stereocenters. The van der Waals surface area contributed by atoms with E-state index in [0.717, 1.165) is 18.4 Å². The van der Waals surface area contributed by atoms with Crippen LogP contribution in [0.5, 0.6) is 0 Å². The first-order valence-corrected chi connectivity index (χ1v) is 6.94. The van der Waals surface area contributed by atoms with Crippen molar-refractivity contribution in [3.8, 4) is 6.07 Å². The number of rotatable bonds is 3. The van der Waals surface area contributed by atoms with Crippen molar-refractivity contribution in [3.05, 3.63) is 29.2 Å². The average molecular weight is 282 g/mol. The molecule has 1 aromatic rings. The number of nitrogens with zero attached hydrogens (tertiary/aromatic N) is 3. The van der Waals surface area contributed by atoms with Crippen molar-refractivity contribution in [2.45, 2.75) is 32.1 Å². The smallest absolute Gasteiger partial charge is 0.231 e. The van der Waals surface area contributed by atoms with Crippen molar-refractivity contribution in [1.82, 2.24) is 15.5 Å². The molecule has 3 rings (SSSR count). The van der Waals surface area contributed by atoms with Crippen LogP contribution in [0.2, 0.25) is 0 Å². The maximum absolute atomic E-state index is 11.9. The van der Waals surface area contributed by atoms with Gasteiger partial charge >= 0.3 is 0 Å². The molecule has 1 aliphatic carbocycles. The van der Waals surface area contributed by atoms with Gasteiger partial charge in [-0.05, 0) is 29.9 Å². The van der Waals surface area contributed by atoms with Crippen LogP contribution in [0.25, 0.3) is 5.57 Å². The van der Waals surface area contributed by atoms with Gasteiger partial charge in [-0.15, -0.1) is 10.2 Å². The van der Waals surface area contributed by atoms with Crippen LogP contribution < -0.4 is 5.32 Å². The predicted molar refractivity (Wildman–Crippen MR) is 73.6 cm³/mol. The van der Waals surface area contributed by atoms with Crippen molar-refractivity contribution in [2.75, 3.05) is 0 Å². The summed E-state index contributed by atoms with van der Waals surface area (Å²) in [5.41, 5.74) is 1.96. The molecule has 6 nitrogen and oxygen atoms in total. The molecule has 0 saturated heterocycles. The topological polar surface area (TPSA) is 95.7 Å². The molecule has 2 aliphatic rings. The van der Waals surface area contributed by atoms with E-state index in [-0.39, 0.29) is 18.1 Å². The highest BCUT2D eigenvalue weighted by Gasteiger charge is 2.39. The molecule has 1 unspecified atom stereocenters.